The quantitative estimate of drug-likeness (QED) is 0.629. The smallest absolute Gasteiger partial charge is 0.118 e. The van der Waals surface area contributed by atoms with Crippen LogP contribution in [0.4, 0.5) is 0 Å². The van der Waals surface area contributed by atoms with Gasteiger partial charge in [-0.05, 0) is 29.8 Å². The van der Waals surface area contributed by atoms with Crippen LogP contribution in [0.5, 0.6) is 5.75 Å². The van der Waals surface area contributed by atoms with Crippen molar-refractivity contribution in [3.05, 3.63) is 71.3 Å². The predicted octanol–water partition coefficient (Wildman–Crippen LogP) is 2.53. The molecule has 0 aliphatic carbocycles. The number of aryl methyl sites for hydroxylation is 1. The molecule has 0 N–H and O–H groups in total. The van der Waals surface area contributed by atoms with E-state index in [0.29, 0.717) is 13.2 Å². The minimum atomic E-state index is 0.228. The molecule has 3 heterocycles. The highest BCUT2D eigenvalue weighted by Crippen LogP contribution is 2.28. The first kappa shape index (κ1) is 18.6. The van der Waals surface area contributed by atoms with E-state index in [9.17, 15) is 0 Å². The number of methoxy groups -OCH3 is 1. The van der Waals surface area contributed by atoms with Crippen LogP contribution in [0.25, 0.3) is 0 Å². The molecule has 0 unspecified atom stereocenters. The second kappa shape index (κ2) is 8.50. The lowest BCUT2D eigenvalue weighted by Gasteiger charge is -2.32. The first-order valence-electron chi connectivity index (χ1n) is 9.44. The van der Waals surface area contributed by atoms with Gasteiger partial charge in [0.1, 0.15) is 11.4 Å². The van der Waals surface area contributed by atoms with Crippen LogP contribution in [-0.2, 0) is 31.5 Å². The molecule has 0 radical (unpaired) electrons. The summed E-state index contributed by atoms with van der Waals surface area (Å²) in [5.74, 6) is 1.10. The average Bonchev–Trinajstić information content (AvgIpc) is 3.10. The molecule has 1 aliphatic rings. The lowest BCUT2D eigenvalue weighted by atomic mass is 9.98. The first-order chi connectivity index (χ1) is 13.7. The second-order valence-electron chi connectivity index (χ2n) is 7.10. The molecule has 2 aromatic heterocycles. The van der Waals surface area contributed by atoms with Crippen molar-refractivity contribution < 1.29 is 9.47 Å². The van der Waals surface area contributed by atoms with Gasteiger partial charge in [-0.1, -0.05) is 23.4 Å². The van der Waals surface area contributed by atoms with E-state index in [2.05, 4.69) is 32.3 Å². The number of hydrogen-bond donors (Lipinski definition) is 0. The maximum Gasteiger partial charge on any atom is 0.118 e. The van der Waals surface area contributed by atoms with Crippen molar-refractivity contribution in [2.75, 3.05) is 20.3 Å². The van der Waals surface area contributed by atoms with Crippen molar-refractivity contribution >= 4 is 0 Å². The summed E-state index contributed by atoms with van der Waals surface area (Å²) in [5.41, 5.74) is 4.40. The largest absolute Gasteiger partial charge is 0.497 e. The van der Waals surface area contributed by atoms with Crippen LogP contribution < -0.4 is 4.74 Å². The maximum atomic E-state index is 5.99. The number of hydrogen-bond acceptors (Lipinski definition) is 6. The lowest BCUT2D eigenvalue weighted by Crippen LogP contribution is -2.36. The fraction of sp³-hybridized carbons (Fsp3) is 0.381. The summed E-state index contributed by atoms with van der Waals surface area (Å²) in [4.78, 5) is 6.72. The SMILES string of the molecule is COc1ccc(CN2Cc3nnn(C)c3[C@H](COCc3ccccn3)C2)cc1. The Bertz CT molecular complexity index is 895. The van der Waals surface area contributed by atoms with Crippen molar-refractivity contribution in [2.24, 2.45) is 7.05 Å². The molecule has 0 amide bonds. The van der Waals surface area contributed by atoms with Crippen molar-refractivity contribution in [1.29, 1.82) is 0 Å². The van der Waals surface area contributed by atoms with E-state index in [-0.39, 0.29) is 5.92 Å². The number of fused-ring (bicyclic) bond motifs is 1. The molecule has 0 saturated carbocycles. The third-order valence-electron chi connectivity index (χ3n) is 5.04. The Labute approximate surface area is 164 Å². The van der Waals surface area contributed by atoms with Gasteiger partial charge in [0.25, 0.3) is 0 Å². The van der Waals surface area contributed by atoms with Gasteiger partial charge in [-0.3, -0.25) is 14.6 Å². The standard InChI is InChI=1S/C21H25N5O2/c1-25-21-17(14-28-15-18-5-3-4-10-22-18)12-26(13-20(21)23-24-25)11-16-6-8-19(27-2)9-7-16/h3-10,17H,11-15H2,1-2H3/t17-/m0/s1. The van der Waals surface area contributed by atoms with Crippen LogP contribution in [-0.4, -0.2) is 45.1 Å². The van der Waals surface area contributed by atoms with Crippen LogP contribution in [0.2, 0.25) is 0 Å². The molecule has 1 atom stereocenters. The number of rotatable bonds is 7. The Morgan fingerprint density at radius 3 is 2.75 bits per heavy atom. The molecule has 0 saturated heterocycles. The van der Waals surface area contributed by atoms with E-state index in [4.69, 9.17) is 9.47 Å². The predicted molar refractivity (Wildman–Crippen MR) is 105 cm³/mol. The van der Waals surface area contributed by atoms with Crippen LogP contribution >= 0.6 is 0 Å². The highest BCUT2D eigenvalue weighted by Gasteiger charge is 2.30. The minimum Gasteiger partial charge on any atom is -0.497 e. The van der Waals surface area contributed by atoms with E-state index in [1.165, 1.54) is 11.3 Å². The van der Waals surface area contributed by atoms with Crippen LogP contribution in [0.1, 0.15) is 28.6 Å². The fourth-order valence-corrected chi connectivity index (χ4v) is 3.72. The number of aromatic nitrogens is 4. The van der Waals surface area contributed by atoms with Gasteiger partial charge >= 0.3 is 0 Å². The van der Waals surface area contributed by atoms with Crippen molar-refractivity contribution in [3.8, 4) is 5.75 Å². The van der Waals surface area contributed by atoms with Gasteiger partial charge in [-0.25, -0.2) is 0 Å². The molecule has 4 rings (SSSR count). The molecule has 28 heavy (non-hydrogen) atoms. The molecule has 0 bridgehead atoms. The molecule has 0 fully saturated rings. The number of ether oxygens (including phenoxy) is 2. The van der Waals surface area contributed by atoms with Crippen LogP contribution in [0.15, 0.2) is 48.7 Å². The van der Waals surface area contributed by atoms with Gasteiger partial charge in [0.15, 0.2) is 0 Å². The van der Waals surface area contributed by atoms with Gasteiger partial charge in [-0.15, -0.1) is 5.10 Å². The minimum absolute atomic E-state index is 0.228. The Morgan fingerprint density at radius 1 is 1.14 bits per heavy atom. The number of nitrogens with zero attached hydrogens (tertiary/aromatic N) is 5. The number of pyridine rings is 1. The van der Waals surface area contributed by atoms with E-state index < -0.39 is 0 Å². The van der Waals surface area contributed by atoms with Crippen LogP contribution in [0, 0.1) is 0 Å². The zero-order chi connectivity index (χ0) is 19.3. The zero-order valence-electron chi connectivity index (χ0n) is 16.3. The molecular formula is C21H25N5O2. The number of benzene rings is 1. The monoisotopic (exact) mass is 379 g/mol. The van der Waals surface area contributed by atoms with Gasteiger partial charge < -0.3 is 9.47 Å². The first-order valence-corrected chi connectivity index (χ1v) is 9.44. The molecule has 146 valence electrons. The third kappa shape index (κ3) is 4.21. The third-order valence-corrected chi connectivity index (χ3v) is 5.04. The molecular weight excluding hydrogens is 354 g/mol. The Balaban J connectivity index is 1.43. The zero-order valence-corrected chi connectivity index (χ0v) is 16.3. The van der Waals surface area contributed by atoms with E-state index in [0.717, 1.165) is 36.8 Å². The van der Waals surface area contributed by atoms with Crippen LogP contribution in [0.3, 0.4) is 0 Å². The Morgan fingerprint density at radius 2 is 2.00 bits per heavy atom. The molecule has 0 spiro atoms. The van der Waals surface area contributed by atoms with Crippen molar-refractivity contribution in [3.63, 3.8) is 0 Å². The van der Waals surface area contributed by atoms with Gasteiger partial charge in [0.2, 0.25) is 0 Å². The topological polar surface area (TPSA) is 65.3 Å². The van der Waals surface area contributed by atoms with E-state index in [1.807, 2.05) is 42.1 Å². The average molecular weight is 379 g/mol. The summed E-state index contributed by atoms with van der Waals surface area (Å²) < 4.78 is 13.1. The molecule has 3 aromatic rings. The normalized spacial score (nSPS) is 16.7. The van der Waals surface area contributed by atoms with Gasteiger partial charge in [0, 0.05) is 38.8 Å². The summed E-state index contributed by atoms with van der Waals surface area (Å²) in [6.07, 6.45) is 1.79. The lowest BCUT2D eigenvalue weighted by molar-refractivity contribution is 0.0812. The molecule has 7 heteroatoms. The summed E-state index contributed by atoms with van der Waals surface area (Å²) in [6, 6.07) is 14.1. The Hall–Kier alpha value is -2.77. The van der Waals surface area contributed by atoms with E-state index >= 15 is 0 Å². The maximum absolute atomic E-state index is 5.99. The fourth-order valence-electron chi connectivity index (χ4n) is 3.72. The summed E-state index contributed by atoms with van der Waals surface area (Å²) in [7, 11) is 3.64. The summed E-state index contributed by atoms with van der Waals surface area (Å²) >= 11 is 0. The summed E-state index contributed by atoms with van der Waals surface area (Å²) in [5, 5.41) is 8.61. The van der Waals surface area contributed by atoms with Crippen molar-refractivity contribution in [2.45, 2.75) is 25.6 Å². The second-order valence-corrected chi connectivity index (χ2v) is 7.10. The molecule has 1 aromatic carbocycles. The highest BCUT2D eigenvalue weighted by molar-refractivity contribution is 5.27. The highest BCUT2D eigenvalue weighted by atomic mass is 16.5. The van der Waals surface area contributed by atoms with E-state index in [1.54, 1.807) is 13.3 Å². The molecule has 1 aliphatic heterocycles. The summed E-state index contributed by atoms with van der Waals surface area (Å²) in [6.45, 7) is 3.69. The molecule has 7 nitrogen and oxygen atoms in total. The van der Waals surface area contributed by atoms with Gasteiger partial charge in [0.05, 0.1) is 31.7 Å². The van der Waals surface area contributed by atoms with Crippen molar-refractivity contribution in [1.82, 2.24) is 24.9 Å². The Kier molecular flexibility index (Phi) is 5.64. The van der Waals surface area contributed by atoms with Gasteiger partial charge in [-0.2, -0.15) is 0 Å².